The summed E-state index contributed by atoms with van der Waals surface area (Å²) >= 11 is 0. The fourth-order valence-corrected chi connectivity index (χ4v) is 1.18. The van der Waals surface area contributed by atoms with E-state index in [1.54, 1.807) is 12.7 Å². The molecule has 0 aliphatic heterocycles. The van der Waals surface area contributed by atoms with Gasteiger partial charge in [-0.25, -0.2) is 9.67 Å². The molecule has 1 N–H and O–H groups in total. The maximum atomic E-state index is 4.10. The standard InChI is InChI=1S/C8H16N4/c1-7(4-9-3)8(2)12-6-10-5-11-12/h5-9H,4H2,1-3H3. The molecule has 1 aromatic heterocycles. The molecule has 1 heterocycles. The van der Waals surface area contributed by atoms with Crippen molar-refractivity contribution in [2.75, 3.05) is 13.6 Å². The van der Waals surface area contributed by atoms with Crippen molar-refractivity contribution in [2.24, 2.45) is 5.92 Å². The molecule has 0 saturated carbocycles. The molecule has 1 aromatic rings. The maximum Gasteiger partial charge on any atom is 0.137 e. The summed E-state index contributed by atoms with van der Waals surface area (Å²) in [7, 11) is 1.96. The molecule has 0 saturated heterocycles. The van der Waals surface area contributed by atoms with E-state index in [0.29, 0.717) is 12.0 Å². The van der Waals surface area contributed by atoms with Crippen LogP contribution in [-0.4, -0.2) is 28.4 Å². The molecule has 0 fully saturated rings. The van der Waals surface area contributed by atoms with Gasteiger partial charge in [-0.1, -0.05) is 6.92 Å². The molecule has 0 spiro atoms. The number of rotatable bonds is 4. The van der Waals surface area contributed by atoms with Crippen LogP contribution in [0, 0.1) is 5.92 Å². The first-order valence-corrected chi connectivity index (χ1v) is 4.24. The number of hydrogen-bond acceptors (Lipinski definition) is 3. The minimum Gasteiger partial charge on any atom is -0.319 e. The Labute approximate surface area is 73.0 Å². The summed E-state index contributed by atoms with van der Waals surface area (Å²) in [5, 5.41) is 7.25. The fourth-order valence-electron chi connectivity index (χ4n) is 1.18. The lowest BCUT2D eigenvalue weighted by molar-refractivity contribution is 0.343. The Hall–Kier alpha value is -0.900. The Kier molecular flexibility index (Phi) is 3.22. The van der Waals surface area contributed by atoms with Crippen LogP contribution in [0.2, 0.25) is 0 Å². The Morgan fingerprint density at radius 1 is 1.50 bits per heavy atom. The second-order valence-electron chi connectivity index (χ2n) is 3.15. The third kappa shape index (κ3) is 2.04. The van der Waals surface area contributed by atoms with Crippen LogP contribution in [0.4, 0.5) is 0 Å². The first kappa shape index (κ1) is 9.19. The van der Waals surface area contributed by atoms with E-state index in [2.05, 4.69) is 29.2 Å². The smallest absolute Gasteiger partial charge is 0.137 e. The zero-order valence-electron chi connectivity index (χ0n) is 7.86. The lowest BCUT2D eigenvalue weighted by atomic mass is 10.0. The van der Waals surface area contributed by atoms with Crippen molar-refractivity contribution in [2.45, 2.75) is 19.9 Å². The third-order valence-corrected chi connectivity index (χ3v) is 2.20. The van der Waals surface area contributed by atoms with E-state index in [-0.39, 0.29) is 0 Å². The van der Waals surface area contributed by atoms with Crippen molar-refractivity contribution in [1.82, 2.24) is 20.1 Å². The van der Waals surface area contributed by atoms with Crippen molar-refractivity contribution >= 4 is 0 Å². The van der Waals surface area contributed by atoms with Gasteiger partial charge in [-0.3, -0.25) is 0 Å². The molecular formula is C8H16N4. The summed E-state index contributed by atoms with van der Waals surface area (Å²) in [4.78, 5) is 3.92. The topological polar surface area (TPSA) is 42.7 Å². The molecule has 1 rings (SSSR count). The van der Waals surface area contributed by atoms with Gasteiger partial charge in [-0.05, 0) is 26.4 Å². The average molecular weight is 168 g/mol. The predicted molar refractivity (Wildman–Crippen MR) is 47.8 cm³/mol. The molecule has 0 aromatic carbocycles. The quantitative estimate of drug-likeness (QED) is 0.719. The van der Waals surface area contributed by atoms with Crippen LogP contribution in [0.1, 0.15) is 19.9 Å². The van der Waals surface area contributed by atoms with E-state index in [1.807, 2.05) is 11.7 Å². The molecule has 12 heavy (non-hydrogen) atoms. The lowest BCUT2D eigenvalue weighted by Crippen LogP contribution is -2.24. The Morgan fingerprint density at radius 2 is 2.25 bits per heavy atom. The summed E-state index contributed by atoms with van der Waals surface area (Å²) < 4.78 is 1.89. The summed E-state index contributed by atoms with van der Waals surface area (Å²) in [5.74, 6) is 0.566. The number of nitrogens with one attached hydrogen (secondary N) is 1. The second-order valence-corrected chi connectivity index (χ2v) is 3.15. The molecule has 0 aliphatic carbocycles. The van der Waals surface area contributed by atoms with E-state index < -0.39 is 0 Å². The largest absolute Gasteiger partial charge is 0.319 e. The number of aromatic nitrogens is 3. The highest BCUT2D eigenvalue weighted by Crippen LogP contribution is 2.13. The van der Waals surface area contributed by atoms with Crippen molar-refractivity contribution in [3.63, 3.8) is 0 Å². The first-order chi connectivity index (χ1) is 5.75. The van der Waals surface area contributed by atoms with Crippen LogP contribution in [0.3, 0.4) is 0 Å². The van der Waals surface area contributed by atoms with Gasteiger partial charge >= 0.3 is 0 Å². The monoisotopic (exact) mass is 168 g/mol. The molecule has 0 bridgehead atoms. The molecule has 2 unspecified atom stereocenters. The summed E-state index contributed by atoms with van der Waals surface area (Å²) in [6, 6.07) is 0.403. The average Bonchev–Trinajstić information content (AvgIpc) is 2.55. The third-order valence-electron chi connectivity index (χ3n) is 2.20. The van der Waals surface area contributed by atoms with Crippen molar-refractivity contribution in [3.05, 3.63) is 12.7 Å². The molecule has 68 valence electrons. The Balaban J connectivity index is 2.53. The van der Waals surface area contributed by atoms with Crippen molar-refractivity contribution < 1.29 is 0 Å². The van der Waals surface area contributed by atoms with Gasteiger partial charge in [0.1, 0.15) is 12.7 Å². The van der Waals surface area contributed by atoms with E-state index in [0.717, 1.165) is 6.54 Å². The van der Waals surface area contributed by atoms with Gasteiger partial charge in [0.15, 0.2) is 0 Å². The lowest BCUT2D eigenvalue weighted by Gasteiger charge is -2.19. The molecule has 0 amide bonds. The number of nitrogens with zero attached hydrogens (tertiary/aromatic N) is 3. The van der Waals surface area contributed by atoms with Gasteiger partial charge in [-0.15, -0.1) is 0 Å². The zero-order valence-corrected chi connectivity index (χ0v) is 7.86. The van der Waals surface area contributed by atoms with Crippen LogP contribution in [0.25, 0.3) is 0 Å². The van der Waals surface area contributed by atoms with Crippen LogP contribution < -0.4 is 5.32 Å². The fraction of sp³-hybridized carbons (Fsp3) is 0.750. The van der Waals surface area contributed by atoms with Crippen LogP contribution in [0.5, 0.6) is 0 Å². The van der Waals surface area contributed by atoms with E-state index in [1.165, 1.54) is 0 Å². The minimum absolute atomic E-state index is 0.403. The summed E-state index contributed by atoms with van der Waals surface area (Å²) in [6.45, 7) is 5.35. The van der Waals surface area contributed by atoms with E-state index in [9.17, 15) is 0 Å². The summed E-state index contributed by atoms with van der Waals surface area (Å²) in [5.41, 5.74) is 0. The Morgan fingerprint density at radius 3 is 2.75 bits per heavy atom. The maximum absolute atomic E-state index is 4.10. The summed E-state index contributed by atoms with van der Waals surface area (Å²) in [6.07, 6.45) is 3.33. The predicted octanol–water partition coefficient (Wildman–Crippen LogP) is 0.695. The Bertz CT molecular complexity index is 207. The normalized spacial score (nSPS) is 15.9. The molecule has 0 aliphatic rings. The molecule has 0 radical (unpaired) electrons. The van der Waals surface area contributed by atoms with Crippen LogP contribution in [0.15, 0.2) is 12.7 Å². The van der Waals surface area contributed by atoms with Gasteiger partial charge in [-0.2, -0.15) is 5.10 Å². The molecule has 4 heteroatoms. The highest BCUT2D eigenvalue weighted by molar-refractivity contribution is 4.70. The highest BCUT2D eigenvalue weighted by Gasteiger charge is 2.12. The van der Waals surface area contributed by atoms with Crippen LogP contribution >= 0.6 is 0 Å². The van der Waals surface area contributed by atoms with E-state index >= 15 is 0 Å². The first-order valence-electron chi connectivity index (χ1n) is 4.24. The van der Waals surface area contributed by atoms with Gasteiger partial charge in [0, 0.05) is 0 Å². The minimum atomic E-state index is 0.403. The SMILES string of the molecule is CNCC(C)C(C)n1cncn1. The molecular weight excluding hydrogens is 152 g/mol. The van der Waals surface area contributed by atoms with Crippen molar-refractivity contribution in [3.8, 4) is 0 Å². The van der Waals surface area contributed by atoms with Gasteiger partial charge < -0.3 is 5.32 Å². The van der Waals surface area contributed by atoms with Gasteiger partial charge in [0.2, 0.25) is 0 Å². The highest BCUT2D eigenvalue weighted by atomic mass is 15.3. The van der Waals surface area contributed by atoms with Crippen LogP contribution in [-0.2, 0) is 0 Å². The molecule has 2 atom stereocenters. The second kappa shape index (κ2) is 4.21. The van der Waals surface area contributed by atoms with Gasteiger partial charge in [0.05, 0.1) is 6.04 Å². The van der Waals surface area contributed by atoms with Gasteiger partial charge in [0.25, 0.3) is 0 Å². The molecule has 4 nitrogen and oxygen atoms in total. The zero-order chi connectivity index (χ0) is 8.97. The van der Waals surface area contributed by atoms with Crippen molar-refractivity contribution in [1.29, 1.82) is 0 Å². The number of hydrogen-bond donors (Lipinski definition) is 1. The van der Waals surface area contributed by atoms with E-state index in [4.69, 9.17) is 0 Å².